The van der Waals surface area contributed by atoms with Crippen LogP contribution in [0.2, 0.25) is 0 Å². The third-order valence-corrected chi connectivity index (χ3v) is 3.12. The van der Waals surface area contributed by atoms with Crippen LogP contribution in [0.25, 0.3) is 0 Å². The van der Waals surface area contributed by atoms with Crippen molar-refractivity contribution in [1.29, 1.82) is 0 Å². The lowest BCUT2D eigenvalue weighted by molar-refractivity contribution is -0.171. The Morgan fingerprint density at radius 3 is 3.14 bits per heavy atom. The molecule has 0 amide bonds. The van der Waals surface area contributed by atoms with Crippen LogP contribution in [0.15, 0.2) is 0 Å². The smallest absolute Gasteiger partial charge is 0.304 e. The Kier molecular flexibility index (Phi) is 2.49. The van der Waals surface area contributed by atoms with E-state index in [0.717, 1.165) is 32.1 Å². The Bertz CT molecular complexity index is 240. The molecular formula is C10H18N2O2. The molecule has 0 aliphatic carbocycles. The largest absolute Gasteiger partial charge is 0.444 e. The number of fused-ring (bicyclic) bond motifs is 2. The molecule has 2 fully saturated rings. The zero-order chi connectivity index (χ0) is 10.2. The molecule has 3 atom stereocenters. The van der Waals surface area contributed by atoms with Crippen molar-refractivity contribution in [3.05, 3.63) is 0 Å². The monoisotopic (exact) mass is 198 g/mol. The first kappa shape index (κ1) is 9.93. The number of hydrogen-bond acceptors (Lipinski definition) is 4. The van der Waals surface area contributed by atoms with Gasteiger partial charge < -0.3 is 10.5 Å². The van der Waals surface area contributed by atoms with E-state index in [9.17, 15) is 4.79 Å². The molecule has 0 saturated carbocycles. The van der Waals surface area contributed by atoms with Crippen molar-refractivity contribution in [2.24, 2.45) is 5.73 Å². The van der Waals surface area contributed by atoms with Crippen LogP contribution >= 0.6 is 0 Å². The maximum Gasteiger partial charge on any atom is 0.304 e. The number of rotatable bonds is 1. The maximum absolute atomic E-state index is 11.0. The summed E-state index contributed by atoms with van der Waals surface area (Å²) in [4.78, 5) is 11.0. The average molecular weight is 198 g/mol. The normalized spacial score (nSPS) is 41.9. The highest BCUT2D eigenvalue weighted by Gasteiger charge is 2.44. The van der Waals surface area contributed by atoms with Gasteiger partial charge in [-0.25, -0.2) is 0 Å². The number of carbonyl (C=O) groups excluding carboxylic acids is 1. The van der Waals surface area contributed by atoms with Gasteiger partial charge in [0.15, 0.2) is 5.72 Å². The van der Waals surface area contributed by atoms with Crippen molar-refractivity contribution >= 4 is 5.97 Å². The quantitative estimate of drug-likeness (QED) is 0.602. The molecule has 0 radical (unpaired) electrons. The van der Waals surface area contributed by atoms with Gasteiger partial charge in [0.2, 0.25) is 0 Å². The van der Waals surface area contributed by atoms with Crippen molar-refractivity contribution in [3.8, 4) is 0 Å². The predicted molar refractivity (Wildman–Crippen MR) is 52.5 cm³/mol. The van der Waals surface area contributed by atoms with Gasteiger partial charge in [-0.05, 0) is 19.3 Å². The van der Waals surface area contributed by atoms with Gasteiger partial charge in [-0.2, -0.15) is 0 Å². The minimum Gasteiger partial charge on any atom is -0.444 e. The van der Waals surface area contributed by atoms with E-state index in [1.54, 1.807) is 0 Å². The molecule has 3 unspecified atom stereocenters. The molecule has 14 heavy (non-hydrogen) atoms. The number of piperidine rings is 2. The lowest BCUT2D eigenvalue weighted by Gasteiger charge is -2.47. The van der Waals surface area contributed by atoms with Crippen LogP contribution in [-0.4, -0.2) is 23.8 Å². The Labute approximate surface area is 84.2 Å². The number of nitrogens with two attached hydrogens (primary N) is 1. The third kappa shape index (κ3) is 1.91. The lowest BCUT2D eigenvalue weighted by Crippen LogP contribution is -2.63. The first-order chi connectivity index (χ1) is 6.60. The molecule has 2 aliphatic rings. The molecule has 0 aromatic carbocycles. The summed E-state index contributed by atoms with van der Waals surface area (Å²) in [5.41, 5.74) is 5.50. The van der Waals surface area contributed by atoms with Crippen molar-refractivity contribution in [3.63, 3.8) is 0 Å². The standard InChI is InChI=1S/C10H18N2O2/c1-7(13)14-10-4-2-3-9(12-10)5-8(11)6-10/h8-9,12H,2-6,11H2,1H3. The molecule has 2 rings (SSSR count). The van der Waals surface area contributed by atoms with Crippen molar-refractivity contribution in [2.75, 3.05) is 0 Å². The molecular weight excluding hydrogens is 180 g/mol. The summed E-state index contributed by atoms with van der Waals surface area (Å²) in [6.45, 7) is 1.46. The van der Waals surface area contributed by atoms with Crippen LogP contribution in [-0.2, 0) is 9.53 Å². The third-order valence-electron chi connectivity index (χ3n) is 3.12. The second-order valence-corrected chi connectivity index (χ2v) is 4.52. The fraction of sp³-hybridized carbons (Fsp3) is 0.900. The van der Waals surface area contributed by atoms with Crippen molar-refractivity contribution < 1.29 is 9.53 Å². The van der Waals surface area contributed by atoms with E-state index in [-0.39, 0.29) is 12.0 Å². The molecule has 4 nitrogen and oxygen atoms in total. The summed E-state index contributed by atoms with van der Waals surface area (Å²) >= 11 is 0. The maximum atomic E-state index is 11.0. The van der Waals surface area contributed by atoms with E-state index >= 15 is 0 Å². The average Bonchev–Trinajstić information content (AvgIpc) is 1.99. The van der Waals surface area contributed by atoms with Crippen LogP contribution in [0.5, 0.6) is 0 Å². The first-order valence-electron chi connectivity index (χ1n) is 5.32. The summed E-state index contributed by atoms with van der Waals surface area (Å²) in [5, 5.41) is 3.40. The van der Waals surface area contributed by atoms with Gasteiger partial charge in [-0.15, -0.1) is 0 Å². The van der Waals surface area contributed by atoms with Gasteiger partial charge in [0.05, 0.1) is 0 Å². The second-order valence-electron chi connectivity index (χ2n) is 4.52. The summed E-state index contributed by atoms with van der Waals surface area (Å²) in [7, 11) is 0. The molecule has 2 aliphatic heterocycles. The summed E-state index contributed by atoms with van der Waals surface area (Å²) in [5.74, 6) is -0.216. The number of ether oxygens (including phenoxy) is 1. The molecule has 2 heterocycles. The zero-order valence-electron chi connectivity index (χ0n) is 8.58. The number of esters is 1. The lowest BCUT2D eigenvalue weighted by atomic mass is 9.81. The Hall–Kier alpha value is -0.610. The number of nitrogens with one attached hydrogen (secondary N) is 1. The van der Waals surface area contributed by atoms with E-state index in [2.05, 4.69) is 5.32 Å². The fourth-order valence-electron chi connectivity index (χ4n) is 2.76. The minimum atomic E-state index is -0.452. The second kappa shape index (κ2) is 3.51. The number of hydrogen-bond donors (Lipinski definition) is 2. The Morgan fingerprint density at radius 2 is 2.43 bits per heavy atom. The van der Waals surface area contributed by atoms with Crippen LogP contribution < -0.4 is 11.1 Å². The molecule has 0 aromatic heterocycles. The van der Waals surface area contributed by atoms with Crippen molar-refractivity contribution in [2.45, 2.75) is 56.8 Å². The molecule has 80 valence electrons. The summed E-state index contributed by atoms with van der Waals surface area (Å²) in [6, 6.07) is 0.604. The van der Waals surface area contributed by atoms with E-state index in [1.165, 1.54) is 6.92 Å². The van der Waals surface area contributed by atoms with Gasteiger partial charge in [-0.3, -0.25) is 10.1 Å². The highest BCUT2D eigenvalue weighted by Crippen LogP contribution is 2.34. The highest BCUT2D eigenvalue weighted by molar-refractivity contribution is 5.66. The minimum absolute atomic E-state index is 0.167. The molecule has 3 N–H and O–H groups in total. The van der Waals surface area contributed by atoms with Crippen LogP contribution in [0.4, 0.5) is 0 Å². The first-order valence-corrected chi connectivity index (χ1v) is 5.32. The van der Waals surface area contributed by atoms with Crippen LogP contribution in [0.3, 0.4) is 0 Å². The van der Waals surface area contributed by atoms with Gasteiger partial charge >= 0.3 is 5.97 Å². The molecule has 0 spiro atoms. The topological polar surface area (TPSA) is 64.3 Å². The van der Waals surface area contributed by atoms with E-state index in [4.69, 9.17) is 10.5 Å². The summed E-state index contributed by atoms with van der Waals surface area (Å²) < 4.78 is 5.39. The predicted octanol–water partition coefficient (Wildman–Crippen LogP) is 0.509. The fourth-order valence-corrected chi connectivity index (χ4v) is 2.76. The molecule has 2 bridgehead atoms. The van der Waals surface area contributed by atoms with Gasteiger partial charge in [0.25, 0.3) is 0 Å². The van der Waals surface area contributed by atoms with Gasteiger partial charge in [0, 0.05) is 31.8 Å². The molecule has 2 saturated heterocycles. The molecule has 4 heteroatoms. The van der Waals surface area contributed by atoms with Crippen molar-refractivity contribution in [1.82, 2.24) is 5.32 Å². The van der Waals surface area contributed by atoms with Crippen LogP contribution in [0, 0.1) is 0 Å². The van der Waals surface area contributed by atoms with Crippen LogP contribution in [0.1, 0.15) is 39.0 Å². The zero-order valence-corrected chi connectivity index (χ0v) is 8.58. The SMILES string of the molecule is CC(=O)OC12CCCC(CC(N)C1)N2. The van der Waals surface area contributed by atoms with E-state index in [0.29, 0.717) is 6.04 Å². The number of carbonyl (C=O) groups is 1. The Balaban J connectivity index is 2.10. The highest BCUT2D eigenvalue weighted by atomic mass is 16.6. The van der Waals surface area contributed by atoms with E-state index in [1.807, 2.05) is 0 Å². The van der Waals surface area contributed by atoms with Gasteiger partial charge in [-0.1, -0.05) is 0 Å². The Morgan fingerprint density at radius 1 is 1.64 bits per heavy atom. The van der Waals surface area contributed by atoms with E-state index < -0.39 is 5.72 Å². The van der Waals surface area contributed by atoms with Gasteiger partial charge in [0.1, 0.15) is 0 Å². The summed E-state index contributed by atoms with van der Waals surface area (Å²) in [6.07, 6.45) is 4.93. The molecule has 0 aromatic rings.